The molecule has 1 spiro atoms. The fourth-order valence-corrected chi connectivity index (χ4v) is 8.04. The number of likely N-dealkylation sites (N-methyl/N-ethyl adjacent to an activating group) is 1. The number of carbonyl (C=O) groups is 2. The molecule has 2 saturated carbocycles. The average molecular weight is 596 g/mol. The minimum absolute atomic E-state index is 0.0902. The van der Waals surface area contributed by atoms with Crippen molar-refractivity contribution in [2.45, 2.75) is 62.6 Å². The number of anilines is 1. The molecule has 9 heteroatoms. The van der Waals surface area contributed by atoms with Gasteiger partial charge in [-0.3, -0.25) is 4.79 Å². The highest BCUT2D eigenvalue weighted by molar-refractivity contribution is 5.93. The number of carbonyl (C=O) groups excluding carboxylic acids is 1. The van der Waals surface area contributed by atoms with Crippen molar-refractivity contribution in [2.75, 3.05) is 71.3 Å². The van der Waals surface area contributed by atoms with E-state index in [0.29, 0.717) is 75.7 Å². The van der Waals surface area contributed by atoms with Gasteiger partial charge >= 0.3 is 5.97 Å². The first-order valence-corrected chi connectivity index (χ1v) is 15.9. The molecule has 5 atom stereocenters. The molecule has 1 aromatic carbocycles. The molecule has 0 amide bonds. The first-order valence-electron chi connectivity index (χ1n) is 15.9. The van der Waals surface area contributed by atoms with Crippen molar-refractivity contribution in [3.8, 4) is 0 Å². The monoisotopic (exact) mass is 595 g/mol. The van der Waals surface area contributed by atoms with Crippen LogP contribution in [-0.2, 0) is 33.3 Å². The zero-order chi connectivity index (χ0) is 29.8. The van der Waals surface area contributed by atoms with Gasteiger partial charge in [-0.15, -0.1) is 0 Å². The van der Waals surface area contributed by atoms with E-state index in [9.17, 15) is 9.59 Å². The van der Waals surface area contributed by atoms with Gasteiger partial charge in [0, 0.05) is 31.6 Å². The third-order valence-electron chi connectivity index (χ3n) is 10.1. The van der Waals surface area contributed by atoms with Crippen LogP contribution in [0.4, 0.5) is 5.69 Å². The Balaban J connectivity index is 0.968. The Hall–Kier alpha value is -2.56. The number of ketones is 1. The van der Waals surface area contributed by atoms with Crippen LogP contribution in [0.15, 0.2) is 47.1 Å². The number of benzene rings is 1. The van der Waals surface area contributed by atoms with E-state index in [2.05, 4.69) is 36.2 Å². The number of rotatable bonds is 16. The maximum absolute atomic E-state index is 12.2. The van der Waals surface area contributed by atoms with E-state index in [-0.39, 0.29) is 18.8 Å². The van der Waals surface area contributed by atoms with Crippen LogP contribution in [0.1, 0.15) is 56.4 Å². The zero-order valence-electron chi connectivity index (χ0n) is 25.3. The third kappa shape index (κ3) is 6.76. The highest BCUT2D eigenvalue weighted by Gasteiger charge is 2.70. The lowest BCUT2D eigenvalue weighted by Gasteiger charge is -2.46. The zero-order valence-corrected chi connectivity index (χ0v) is 25.3. The van der Waals surface area contributed by atoms with Crippen molar-refractivity contribution in [3.05, 3.63) is 52.6 Å². The van der Waals surface area contributed by atoms with Gasteiger partial charge in [-0.05, 0) is 85.3 Å². The lowest BCUT2D eigenvalue weighted by Crippen LogP contribution is -2.41. The summed E-state index contributed by atoms with van der Waals surface area (Å²) in [5.74, 6) is 0.919. The standard InChI is InChI=1S/C34H45NO8/c1-35(12-13-39-14-15-40-16-17-41-18-19-42-22-32(37)38)25-5-2-23(3-6-25)29-21-34-30(10-11-31(34)43-34)28-8-4-24-20-26(36)7-9-27(24)33(28)29/h2-3,5-6,20,28-31H,4,7-19,21-22H2,1H3,(H,37,38). The molecule has 234 valence electrons. The number of aliphatic carboxylic acids is 1. The average Bonchev–Trinajstić information content (AvgIpc) is 3.58. The molecule has 5 unspecified atom stereocenters. The number of carboxylic acid groups (broad SMARTS) is 1. The Morgan fingerprint density at radius 3 is 2.33 bits per heavy atom. The summed E-state index contributed by atoms with van der Waals surface area (Å²) >= 11 is 0. The van der Waals surface area contributed by atoms with Crippen molar-refractivity contribution < 1.29 is 38.4 Å². The summed E-state index contributed by atoms with van der Waals surface area (Å²) in [6.45, 7) is 3.58. The molecular formula is C34H45NO8. The number of nitrogens with zero attached hydrogens (tertiary/aromatic N) is 1. The molecule has 5 aliphatic rings. The molecule has 4 aliphatic carbocycles. The number of epoxide rings is 1. The Kier molecular flexibility index (Phi) is 9.64. The SMILES string of the molecule is CN(CCOCCOCCOCCOCC(=O)O)c1ccc(C2CC34OC3CCC4C3CCC4=CC(=O)CCC4=C23)cc1. The fourth-order valence-electron chi connectivity index (χ4n) is 8.04. The van der Waals surface area contributed by atoms with Crippen molar-refractivity contribution in [3.63, 3.8) is 0 Å². The number of hydrogen-bond donors (Lipinski definition) is 1. The summed E-state index contributed by atoms with van der Waals surface area (Å²) in [7, 11) is 2.09. The van der Waals surface area contributed by atoms with Gasteiger partial charge in [-0.25, -0.2) is 4.79 Å². The van der Waals surface area contributed by atoms with E-state index in [1.54, 1.807) is 5.57 Å². The summed E-state index contributed by atoms with van der Waals surface area (Å²) in [6, 6.07) is 9.09. The molecule has 0 radical (unpaired) electrons. The Labute approximate surface area is 254 Å². The maximum atomic E-state index is 12.2. The van der Waals surface area contributed by atoms with Crippen LogP contribution in [0.5, 0.6) is 0 Å². The van der Waals surface area contributed by atoms with Gasteiger partial charge in [0.1, 0.15) is 6.61 Å². The van der Waals surface area contributed by atoms with Crippen molar-refractivity contribution in [1.82, 2.24) is 0 Å². The Morgan fingerprint density at radius 1 is 0.930 bits per heavy atom. The van der Waals surface area contributed by atoms with Crippen LogP contribution in [0.2, 0.25) is 0 Å². The van der Waals surface area contributed by atoms with Gasteiger partial charge in [0.2, 0.25) is 0 Å². The quantitative estimate of drug-likeness (QED) is 0.221. The number of carboxylic acids is 1. The second-order valence-electron chi connectivity index (χ2n) is 12.5. The molecule has 9 nitrogen and oxygen atoms in total. The maximum Gasteiger partial charge on any atom is 0.329 e. The summed E-state index contributed by atoms with van der Waals surface area (Å²) in [5.41, 5.74) is 7.07. The molecule has 1 aromatic rings. The second kappa shape index (κ2) is 13.6. The molecule has 43 heavy (non-hydrogen) atoms. The summed E-state index contributed by atoms with van der Waals surface area (Å²) in [6.07, 6.45) is 9.73. The topological polar surface area (TPSA) is 107 Å². The van der Waals surface area contributed by atoms with E-state index in [1.807, 2.05) is 6.08 Å². The minimum Gasteiger partial charge on any atom is -0.480 e. The lowest BCUT2D eigenvalue weighted by molar-refractivity contribution is -0.142. The molecule has 6 rings (SSSR count). The first-order chi connectivity index (χ1) is 21.0. The molecule has 1 saturated heterocycles. The minimum atomic E-state index is -0.984. The van der Waals surface area contributed by atoms with E-state index >= 15 is 0 Å². The van der Waals surface area contributed by atoms with Gasteiger partial charge in [0.15, 0.2) is 5.78 Å². The van der Waals surface area contributed by atoms with Crippen LogP contribution >= 0.6 is 0 Å². The van der Waals surface area contributed by atoms with E-state index in [4.69, 9.17) is 28.8 Å². The van der Waals surface area contributed by atoms with Crippen molar-refractivity contribution >= 4 is 17.4 Å². The molecule has 1 heterocycles. The lowest BCUT2D eigenvalue weighted by atomic mass is 9.58. The largest absolute Gasteiger partial charge is 0.480 e. The number of allylic oxidation sites excluding steroid dienone is 4. The normalized spacial score (nSPS) is 29.0. The predicted octanol–water partition coefficient (Wildman–Crippen LogP) is 4.30. The molecule has 0 bridgehead atoms. The highest BCUT2D eigenvalue weighted by Crippen LogP contribution is 2.68. The highest BCUT2D eigenvalue weighted by atomic mass is 16.6. The predicted molar refractivity (Wildman–Crippen MR) is 160 cm³/mol. The summed E-state index contributed by atoms with van der Waals surface area (Å²) in [5, 5.41) is 8.50. The first kappa shape index (κ1) is 30.5. The molecule has 3 fully saturated rings. The third-order valence-corrected chi connectivity index (χ3v) is 10.1. The van der Waals surface area contributed by atoms with Crippen LogP contribution in [0, 0.1) is 11.8 Å². The summed E-state index contributed by atoms with van der Waals surface area (Å²) < 4.78 is 28.0. The molecule has 0 aromatic heterocycles. The van der Waals surface area contributed by atoms with Gasteiger partial charge < -0.3 is 33.7 Å². The van der Waals surface area contributed by atoms with Gasteiger partial charge in [0.05, 0.1) is 58.0 Å². The molecule has 1 N–H and O–H groups in total. The Morgan fingerprint density at radius 2 is 1.63 bits per heavy atom. The van der Waals surface area contributed by atoms with Crippen molar-refractivity contribution in [1.29, 1.82) is 0 Å². The van der Waals surface area contributed by atoms with Crippen LogP contribution in [0.25, 0.3) is 0 Å². The van der Waals surface area contributed by atoms with E-state index in [0.717, 1.165) is 32.2 Å². The van der Waals surface area contributed by atoms with Gasteiger partial charge in [0.25, 0.3) is 0 Å². The Bertz CT molecular complexity index is 1230. The van der Waals surface area contributed by atoms with Gasteiger partial charge in [-0.2, -0.15) is 0 Å². The smallest absolute Gasteiger partial charge is 0.329 e. The second-order valence-corrected chi connectivity index (χ2v) is 12.5. The van der Waals surface area contributed by atoms with Crippen LogP contribution < -0.4 is 4.90 Å². The number of hydrogen-bond acceptors (Lipinski definition) is 8. The van der Waals surface area contributed by atoms with Gasteiger partial charge in [-0.1, -0.05) is 17.7 Å². The molecule has 1 aliphatic heterocycles. The van der Waals surface area contributed by atoms with Crippen LogP contribution in [-0.4, -0.2) is 95.0 Å². The van der Waals surface area contributed by atoms with E-state index < -0.39 is 5.97 Å². The van der Waals surface area contributed by atoms with Crippen molar-refractivity contribution in [2.24, 2.45) is 11.8 Å². The number of ether oxygens (including phenoxy) is 5. The van der Waals surface area contributed by atoms with E-state index in [1.165, 1.54) is 35.2 Å². The fraction of sp³-hybridized carbons (Fsp3) is 0.647. The summed E-state index contributed by atoms with van der Waals surface area (Å²) in [4.78, 5) is 24.8. The van der Waals surface area contributed by atoms with Crippen LogP contribution in [0.3, 0.4) is 0 Å². The molecular weight excluding hydrogens is 550 g/mol. The number of fused-ring (bicyclic) bond motifs is 3.